The summed E-state index contributed by atoms with van der Waals surface area (Å²) in [7, 11) is 1.88. The van der Waals surface area contributed by atoms with Gasteiger partial charge >= 0.3 is 0 Å². The molecule has 0 amide bonds. The van der Waals surface area contributed by atoms with Crippen LogP contribution < -0.4 is 5.32 Å². The van der Waals surface area contributed by atoms with E-state index >= 15 is 0 Å². The molecule has 0 spiro atoms. The summed E-state index contributed by atoms with van der Waals surface area (Å²) in [6.45, 7) is 8.97. The largest absolute Gasteiger partial charge is 0.379 e. The Hall–Kier alpha value is -0.860. The molecule has 0 aromatic heterocycles. The molecule has 2 aliphatic heterocycles. The van der Waals surface area contributed by atoms with E-state index in [1.165, 1.54) is 17.5 Å². The normalized spacial score (nSPS) is 22.3. The zero-order chi connectivity index (χ0) is 16.1. The molecule has 2 fully saturated rings. The third-order valence-electron chi connectivity index (χ3n) is 4.77. The van der Waals surface area contributed by atoms with Crippen molar-refractivity contribution in [1.29, 1.82) is 0 Å². The first-order valence-corrected chi connectivity index (χ1v) is 8.59. The summed E-state index contributed by atoms with van der Waals surface area (Å²) in [5.41, 5.74) is 2.60. The number of aryl methyl sites for hydroxylation is 1. The second-order valence-corrected chi connectivity index (χ2v) is 6.43. The van der Waals surface area contributed by atoms with E-state index in [0.29, 0.717) is 6.04 Å². The summed E-state index contributed by atoms with van der Waals surface area (Å²) >= 11 is 0. The predicted molar refractivity (Wildman–Crippen MR) is 109 cm³/mol. The molecule has 3 rings (SSSR count). The number of benzene rings is 1. The van der Waals surface area contributed by atoms with Gasteiger partial charge in [0.2, 0.25) is 0 Å². The topological polar surface area (TPSA) is 40.1 Å². The SMILES string of the molecule is CN=C(NCc1cccc(C)c1)N1CCC(N2CCOCC2)C1.I. The third kappa shape index (κ3) is 5.07. The van der Waals surface area contributed by atoms with Crippen LogP contribution in [0.1, 0.15) is 17.5 Å². The number of nitrogens with one attached hydrogen (secondary N) is 1. The Bertz CT molecular complexity index is 546. The fraction of sp³-hybridized carbons (Fsp3) is 0.611. The molecule has 2 aliphatic rings. The summed E-state index contributed by atoms with van der Waals surface area (Å²) in [6.07, 6.45) is 1.21. The minimum Gasteiger partial charge on any atom is -0.379 e. The second-order valence-electron chi connectivity index (χ2n) is 6.43. The van der Waals surface area contributed by atoms with Gasteiger partial charge in [-0.2, -0.15) is 0 Å². The lowest BCUT2D eigenvalue weighted by molar-refractivity contribution is 0.0195. The molecular weight excluding hydrogens is 415 g/mol. The van der Waals surface area contributed by atoms with Crippen LogP contribution >= 0.6 is 24.0 Å². The molecule has 1 atom stereocenters. The first kappa shape index (κ1) is 19.5. The summed E-state index contributed by atoms with van der Waals surface area (Å²) < 4.78 is 5.46. The fourth-order valence-corrected chi connectivity index (χ4v) is 3.51. The molecule has 1 N–H and O–H groups in total. The van der Waals surface area contributed by atoms with E-state index in [4.69, 9.17) is 4.74 Å². The zero-order valence-electron chi connectivity index (χ0n) is 14.7. The number of nitrogens with zero attached hydrogens (tertiary/aromatic N) is 3. The Kier molecular flexibility index (Phi) is 7.77. The van der Waals surface area contributed by atoms with Crippen molar-refractivity contribution in [2.45, 2.75) is 25.9 Å². The van der Waals surface area contributed by atoms with Crippen molar-refractivity contribution in [3.8, 4) is 0 Å². The van der Waals surface area contributed by atoms with Gasteiger partial charge in [0, 0.05) is 45.8 Å². The number of rotatable bonds is 3. The molecule has 24 heavy (non-hydrogen) atoms. The number of halogens is 1. The molecule has 1 unspecified atom stereocenters. The van der Waals surface area contributed by atoms with Crippen molar-refractivity contribution in [3.05, 3.63) is 35.4 Å². The van der Waals surface area contributed by atoms with E-state index in [-0.39, 0.29) is 24.0 Å². The lowest BCUT2D eigenvalue weighted by Gasteiger charge is -2.32. The first-order valence-electron chi connectivity index (χ1n) is 8.59. The van der Waals surface area contributed by atoms with E-state index in [1.807, 2.05) is 7.05 Å². The van der Waals surface area contributed by atoms with E-state index < -0.39 is 0 Å². The van der Waals surface area contributed by atoms with Crippen molar-refractivity contribution in [1.82, 2.24) is 15.1 Å². The average Bonchev–Trinajstić information content (AvgIpc) is 3.06. The molecule has 0 saturated carbocycles. The van der Waals surface area contributed by atoms with Crippen LogP contribution in [0.5, 0.6) is 0 Å². The maximum atomic E-state index is 5.46. The van der Waals surface area contributed by atoms with Crippen molar-refractivity contribution >= 4 is 29.9 Å². The van der Waals surface area contributed by atoms with Crippen LogP contribution in [0.15, 0.2) is 29.3 Å². The fourth-order valence-electron chi connectivity index (χ4n) is 3.51. The molecule has 1 aromatic rings. The zero-order valence-corrected chi connectivity index (χ0v) is 17.0. The quantitative estimate of drug-likeness (QED) is 0.441. The van der Waals surface area contributed by atoms with Gasteiger partial charge in [-0.05, 0) is 18.9 Å². The second kappa shape index (κ2) is 9.58. The van der Waals surface area contributed by atoms with E-state index in [2.05, 4.69) is 51.3 Å². The van der Waals surface area contributed by atoms with Crippen molar-refractivity contribution < 1.29 is 4.74 Å². The van der Waals surface area contributed by atoms with Gasteiger partial charge in [0.15, 0.2) is 5.96 Å². The predicted octanol–water partition coefficient (Wildman–Crippen LogP) is 2.09. The van der Waals surface area contributed by atoms with Crippen molar-refractivity contribution in [2.24, 2.45) is 4.99 Å². The minimum absolute atomic E-state index is 0. The highest BCUT2D eigenvalue weighted by Crippen LogP contribution is 2.17. The number of likely N-dealkylation sites (tertiary alicyclic amines) is 1. The first-order chi connectivity index (χ1) is 11.3. The van der Waals surface area contributed by atoms with Gasteiger partial charge in [-0.3, -0.25) is 9.89 Å². The van der Waals surface area contributed by atoms with Crippen LogP contribution in [-0.2, 0) is 11.3 Å². The standard InChI is InChI=1S/C18H28N4O.HI/c1-15-4-3-5-16(12-15)13-20-18(19-2)22-7-6-17(14-22)21-8-10-23-11-9-21;/h3-5,12,17H,6-11,13-14H2,1-2H3,(H,19,20);1H. The Morgan fingerprint density at radius 1 is 1.29 bits per heavy atom. The summed E-state index contributed by atoms with van der Waals surface area (Å²) in [5.74, 6) is 1.02. The van der Waals surface area contributed by atoms with Gasteiger partial charge < -0.3 is 15.0 Å². The monoisotopic (exact) mass is 444 g/mol. The number of hydrogen-bond acceptors (Lipinski definition) is 3. The van der Waals surface area contributed by atoms with Crippen LogP contribution in [0.25, 0.3) is 0 Å². The summed E-state index contributed by atoms with van der Waals surface area (Å²) in [5, 5.41) is 3.51. The average molecular weight is 444 g/mol. The molecule has 0 aliphatic carbocycles. The molecular formula is C18H29IN4O. The maximum absolute atomic E-state index is 5.46. The number of hydrogen-bond donors (Lipinski definition) is 1. The van der Waals surface area contributed by atoms with Crippen LogP contribution in [0.2, 0.25) is 0 Å². The molecule has 0 bridgehead atoms. The van der Waals surface area contributed by atoms with Gasteiger partial charge in [-0.15, -0.1) is 24.0 Å². The van der Waals surface area contributed by atoms with E-state index in [0.717, 1.165) is 51.9 Å². The van der Waals surface area contributed by atoms with E-state index in [1.54, 1.807) is 0 Å². The number of aliphatic imine (C=N–C) groups is 1. The van der Waals surface area contributed by atoms with Gasteiger partial charge in [0.05, 0.1) is 13.2 Å². The molecule has 5 nitrogen and oxygen atoms in total. The number of morpholine rings is 1. The Morgan fingerprint density at radius 3 is 2.79 bits per heavy atom. The highest BCUT2D eigenvalue weighted by Gasteiger charge is 2.30. The van der Waals surface area contributed by atoms with Gasteiger partial charge in [-0.1, -0.05) is 29.8 Å². The number of guanidine groups is 1. The van der Waals surface area contributed by atoms with E-state index in [9.17, 15) is 0 Å². The van der Waals surface area contributed by atoms with Crippen LogP contribution in [0.4, 0.5) is 0 Å². The summed E-state index contributed by atoms with van der Waals surface area (Å²) in [4.78, 5) is 9.43. The summed E-state index contributed by atoms with van der Waals surface area (Å²) in [6, 6.07) is 9.26. The van der Waals surface area contributed by atoms with Crippen molar-refractivity contribution in [2.75, 3.05) is 46.4 Å². The van der Waals surface area contributed by atoms with Gasteiger partial charge in [-0.25, -0.2) is 0 Å². The molecule has 134 valence electrons. The lowest BCUT2D eigenvalue weighted by Crippen LogP contribution is -2.46. The lowest BCUT2D eigenvalue weighted by atomic mass is 10.1. The molecule has 0 radical (unpaired) electrons. The number of ether oxygens (including phenoxy) is 1. The molecule has 1 aromatic carbocycles. The molecule has 2 heterocycles. The Morgan fingerprint density at radius 2 is 2.08 bits per heavy atom. The smallest absolute Gasteiger partial charge is 0.193 e. The van der Waals surface area contributed by atoms with Crippen LogP contribution in [0, 0.1) is 6.92 Å². The van der Waals surface area contributed by atoms with Gasteiger partial charge in [0.1, 0.15) is 0 Å². The Labute approximate surface area is 162 Å². The third-order valence-corrected chi connectivity index (χ3v) is 4.77. The molecule has 2 saturated heterocycles. The van der Waals surface area contributed by atoms with Gasteiger partial charge in [0.25, 0.3) is 0 Å². The highest BCUT2D eigenvalue weighted by atomic mass is 127. The Balaban J connectivity index is 0.00000208. The highest BCUT2D eigenvalue weighted by molar-refractivity contribution is 14.0. The minimum atomic E-state index is 0. The molecule has 6 heteroatoms. The van der Waals surface area contributed by atoms with Crippen LogP contribution in [0.3, 0.4) is 0 Å². The van der Waals surface area contributed by atoms with Crippen LogP contribution in [-0.4, -0.2) is 68.2 Å². The van der Waals surface area contributed by atoms with Crippen molar-refractivity contribution in [3.63, 3.8) is 0 Å². The maximum Gasteiger partial charge on any atom is 0.193 e.